The highest BCUT2D eigenvalue weighted by Crippen LogP contribution is 2.37. The number of hydrogen-bond donors (Lipinski definition) is 2. The van der Waals surface area contributed by atoms with Crippen LogP contribution < -0.4 is 10.6 Å². The highest BCUT2D eigenvalue weighted by molar-refractivity contribution is 7.99. The van der Waals surface area contributed by atoms with Gasteiger partial charge in [0.2, 0.25) is 17.7 Å². The number of amides is 3. The van der Waals surface area contributed by atoms with Crippen molar-refractivity contribution in [2.45, 2.75) is 82.3 Å². The molecule has 2 fully saturated rings. The van der Waals surface area contributed by atoms with Crippen LogP contribution in [0.15, 0.2) is 24.3 Å². The van der Waals surface area contributed by atoms with E-state index in [-0.39, 0.29) is 35.1 Å². The first-order valence-corrected chi connectivity index (χ1v) is 12.7. The Kier molecular flexibility index (Phi) is 6.89. The van der Waals surface area contributed by atoms with Crippen LogP contribution in [-0.4, -0.2) is 45.8 Å². The van der Waals surface area contributed by atoms with Gasteiger partial charge in [-0.15, -0.1) is 11.8 Å². The molecule has 0 unspecified atom stereocenters. The first kappa shape index (κ1) is 22.2. The number of nitrogens with zero attached hydrogens (tertiary/aromatic N) is 1. The van der Waals surface area contributed by atoms with Crippen molar-refractivity contribution < 1.29 is 14.4 Å². The Morgan fingerprint density at radius 1 is 1.13 bits per heavy atom. The monoisotopic (exact) mass is 443 g/mol. The predicted molar refractivity (Wildman–Crippen MR) is 122 cm³/mol. The molecule has 0 spiro atoms. The zero-order chi connectivity index (χ0) is 22.0. The maximum absolute atomic E-state index is 13.4. The average molecular weight is 444 g/mol. The van der Waals surface area contributed by atoms with Crippen LogP contribution in [0.4, 0.5) is 0 Å². The standard InChI is InChI=1S/C24H33N3O3S/c1-3-15(2)22(28)26-19-13-14-31-21-12-11-20(27(21)24(19)30)23(29)25-18-10-6-8-16-7-4-5-9-17(16)18/h4-5,7,9,15,18-21H,3,6,8,10-14H2,1-2H3,(H,25,29)(H,26,28)/t15-,18-,19+,20+,21+/m1/s1. The highest BCUT2D eigenvalue weighted by atomic mass is 32.2. The number of aryl methyl sites for hydroxylation is 1. The number of nitrogens with one attached hydrogen (secondary N) is 2. The van der Waals surface area contributed by atoms with Crippen molar-refractivity contribution >= 4 is 29.5 Å². The molecule has 7 heteroatoms. The van der Waals surface area contributed by atoms with Crippen molar-refractivity contribution in [3.63, 3.8) is 0 Å². The zero-order valence-electron chi connectivity index (χ0n) is 18.4. The molecule has 2 saturated heterocycles. The van der Waals surface area contributed by atoms with Crippen molar-refractivity contribution in [3.8, 4) is 0 Å². The summed E-state index contributed by atoms with van der Waals surface area (Å²) in [5, 5.41) is 6.22. The average Bonchev–Trinajstić information content (AvgIpc) is 3.15. The van der Waals surface area contributed by atoms with Crippen LogP contribution in [0, 0.1) is 5.92 Å². The Hall–Kier alpha value is -2.02. The summed E-state index contributed by atoms with van der Waals surface area (Å²) in [6, 6.07) is 7.32. The minimum atomic E-state index is -0.539. The van der Waals surface area contributed by atoms with Gasteiger partial charge in [0, 0.05) is 5.92 Å². The molecule has 168 valence electrons. The number of rotatable bonds is 5. The number of fused-ring (bicyclic) bond motifs is 2. The van der Waals surface area contributed by atoms with E-state index in [9.17, 15) is 14.4 Å². The van der Waals surface area contributed by atoms with E-state index < -0.39 is 12.1 Å². The molecule has 5 atom stereocenters. The second-order valence-corrected chi connectivity index (χ2v) is 10.3. The lowest BCUT2D eigenvalue weighted by Crippen LogP contribution is -2.55. The molecule has 3 aliphatic rings. The second kappa shape index (κ2) is 9.63. The molecule has 0 aromatic heterocycles. The minimum Gasteiger partial charge on any atom is -0.347 e. The van der Waals surface area contributed by atoms with Gasteiger partial charge in [-0.2, -0.15) is 0 Å². The molecule has 2 N–H and O–H groups in total. The van der Waals surface area contributed by atoms with Crippen LogP contribution in [0.3, 0.4) is 0 Å². The molecule has 4 rings (SSSR count). The molecule has 0 bridgehead atoms. The molecule has 2 heterocycles. The third kappa shape index (κ3) is 4.61. The van der Waals surface area contributed by atoms with Crippen molar-refractivity contribution in [1.29, 1.82) is 0 Å². The first-order valence-electron chi connectivity index (χ1n) is 11.6. The van der Waals surface area contributed by atoms with Gasteiger partial charge >= 0.3 is 0 Å². The summed E-state index contributed by atoms with van der Waals surface area (Å²) in [4.78, 5) is 40.9. The van der Waals surface area contributed by atoms with E-state index in [1.165, 1.54) is 11.1 Å². The SMILES string of the molecule is CC[C@@H](C)C(=O)N[C@H]1CCS[C@H]2CC[C@@H](C(=O)N[C@@H]3CCCc4ccccc43)N2C1=O. The van der Waals surface area contributed by atoms with Crippen LogP contribution in [-0.2, 0) is 20.8 Å². The molecule has 1 aromatic carbocycles. The number of benzene rings is 1. The van der Waals surface area contributed by atoms with Gasteiger partial charge in [-0.1, -0.05) is 38.1 Å². The van der Waals surface area contributed by atoms with E-state index in [1.807, 2.05) is 26.0 Å². The number of hydrogen-bond acceptors (Lipinski definition) is 4. The van der Waals surface area contributed by atoms with Crippen molar-refractivity contribution in [3.05, 3.63) is 35.4 Å². The van der Waals surface area contributed by atoms with E-state index >= 15 is 0 Å². The summed E-state index contributed by atoms with van der Waals surface area (Å²) in [5.74, 6) is 0.440. The van der Waals surface area contributed by atoms with Gasteiger partial charge in [0.1, 0.15) is 12.1 Å². The fourth-order valence-electron chi connectivity index (χ4n) is 4.93. The van der Waals surface area contributed by atoms with Crippen molar-refractivity contribution in [2.75, 3.05) is 5.75 Å². The number of carbonyl (C=O) groups is 3. The van der Waals surface area contributed by atoms with Gasteiger partial charge in [0.05, 0.1) is 11.4 Å². The first-order chi connectivity index (χ1) is 15.0. The fourth-order valence-corrected chi connectivity index (χ4v) is 6.28. The summed E-state index contributed by atoms with van der Waals surface area (Å²) < 4.78 is 0. The molecule has 1 aliphatic carbocycles. The smallest absolute Gasteiger partial charge is 0.246 e. The Morgan fingerprint density at radius 3 is 2.74 bits per heavy atom. The summed E-state index contributed by atoms with van der Waals surface area (Å²) >= 11 is 1.73. The second-order valence-electron chi connectivity index (χ2n) is 8.98. The van der Waals surface area contributed by atoms with Gasteiger partial charge in [-0.25, -0.2) is 0 Å². The molecule has 31 heavy (non-hydrogen) atoms. The third-order valence-electron chi connectivity index (χ3n) is 6.97. The zero-order valence-corrected chi connectivity index (χ0v) is 19.2. The normalized spacial score (nSPS) is 28.8. The molecule has 3 amide bonds. The maximum atomic E-state index is 13.4. The fraction of sp³-hybridized carbons (Fsp3) is 0.625. The number of thioether (sulfide) groups is 1. The van der Waals surface area contributed by atoms with Gasteiger partial charge in [0.25, 0.3) is 0 Å². The molecular weight excluding hydrogens is 410 g/mol. The highest BCUT2D eigenvalue weighted by Gasteiger charge is 2.45. The molecule has 6 nitrogen and oxygen atoms in total. The van der Waals surface area contributed by atoms with Crippen LogP contribution in [0.2, 0.25) is 0 Å². The van der Waals surface area contributed by atoms with E-state index in [2.05, 4.69) is 22.8 Å². The summed E-state index contributed by atoms with van der Waals surface area (Å²) in [7, 11) is 0. The van der Waals surface area contributed by atoms with Crippen molar-refractivity contribution in [2.24, 2.45) is 5.92 Å². The van der Waals surface area contributed by atoms with Crippen LogP contribution >= 0.6 is 11.8 Å². The molecular formula is C24H33N3O3S. The molecule has 2 aliphatic heterocycles. The molecule has 0 saturated carbocycles. The Morgan fingerprint density at radius 2 is 1.94 bits per heavy atom. The topological polar surface area (TPSA) is 78.5 Å². The lowest BCUT2D eigenvalue weighted by Gasteiger charge is -2.32. The lowest BCUT2D eigenvalue weighted by molar-refractivity contribution is -0.142. The predicted octanol–water partition coefficient (Wildman–Crippen LogP) is 3.17. The molecule has 1 aromatic rings. The van der Waals surface area contributed by atoms with Crippen LogP contribution in [0.1, 0.15) is 69.5 Å². The van der Waals surface area contributed by atoms with E-state index in [0.717, 1.165) is 37.9 Å². The lowest BCUT2D eigenvalue weighted by atomic mass is 9.87. The minimum absolute atomic E-state index is 0.00661. The van der Waals surface area contributed by atoms with Gasteiger partial charge in [0.15, 0.2) is 0 Å². The van der Waals surface area contributed by atoms with Gasteiger partial charge in [-0.05, 0) is 61.8 Å². The Labute approximate surface area is 188 Å². The summed E-state index contributed by atoms with van der Waals surface area (Å²) in [5.41, 5.74) is 2.50. The Balaban J connectivity index is 1.47. The van der Waals surface area contributed by atoms with E-state index in [1.54, 1.807) is 16.7 Å². The van der Waals surface area contributed by atoms with Crippen LogP contribution in [0.5, 0.6) is 0 Å². The van der Waals surface area contributed by atoms with Gasteiger partial charge in [-0.3, -0.25) is 14.4 Å². The maximum Gasteiger partial charge on any atom is 0.246 e. The van der Waals surface area contributed by atoms with Gasteiger partial charge < -0.3 is 15.5 Å². The molecule has 0 radical (unpaired) electrons. The third-order valence-corrected chi connectivity index (χ3v) is 8.29. The summed E-state index contributed by atoms with van der Waals surface area (Å²) in [6.45, 7) is 3.84. The Bertz CT molecular complexity index is 845. The van der Waals surface area contributed by atoms with Crippen LogP contribution in [0.25, 0.3) is 0 Å². The summed E-state index contributed by atoms with van der Waals surface area (Å²) in [6.07, 6.45) is 5.88. The number of carbonyl (C=O) groups excluding carboxylic acids is 3. The van der Waals surface area contributed by atoms with Crippen molar-refractivity contribution in [1.82, 2.24) is 15.5 Å². The van der Waals surface area contributed by atoms with E-state index in [4.69, 9.17) is 0 Å². The van der Waals surface area contributed by atoms with E-state index in [0.29, 0.717) is 12.8 Å². The largest absolute Gasteiger partial charge is 0.347 e. The quantitative estimate of drug-likeness (QED) is 0.733.